The molecule has 124 valence electrons. The highest BCUT2D eigenvalue weighted by atomic mass is 127. The number of guanidine groups is 1. The van der Waals surface area contributed by atoms with Gasteiger partial charge in [0.2, 0.25) is 0 Å². The second kappa shape index (κ2) is 12.2. The highest BCUT2D eigenvalue weighted by Gasteiger charge is 2.23. The summed E-state index contributed by atoms with van der Waals surface area (Å²) in [7, 11) is 0. The molecule has 0 bridgehead atoms. The summed E-state index contributed by atoms with van der Waals surface area (Å²) < 4.78 is 5.43. The van der Waals surface area contributed by atoms with Gasteiger partial charge in [0.15, 0.2) is 5.96 Å². The van der Waals surface area contributed by atoms with Crippen LogP contribution >= 0.6 is 24.0 Å². The first-order chi connectivity index (χ1) is 9.69. The second-order valence-electron chi connectivity index (χ2n) is 5.35. The normalized spacial score (nSPS) is 18.0. The Hall–Kier alpha value is -0.340. The summed E-state index contributed by atoms with van der Waals surface area (Å²) in [5.74, 6) is 1.45. The van der Waals surface area contributed by atoms with Crippen LogP contribution in [0.5, 0.6) is 0 Å². The molecule has 0 saturated carbocycles. The lowest BCUT2D eigenvalue weighted by Crippen LogP contribution is -2.48. The molecule has 0 amide bonds. The topological polar surface area (TPSA) is 48.9 Å². The molecule has 1 saturated heterocycles. The number of halogens is 1. The van der Waals surface area contributed by atoms with Gasteiger partial charge >= 0.3 is 0 Å². The number of morpholine rings is 1. The fourth-order valence-corrected chi connectivity index (χ4v) is 2.35. The SMILES string of the molecule is C=CCNC(=NCC(C(C)C)N1CCOCC1)NCC.I. The van der Waals surface area contributed by atoms with Gasteiger partial charge in [0.05, 0.1) is 19.8 Å². The molecular weight excluding hydrogens is 379 g/mol. The van der Waals surface area contributed by atoms with Crippen molar-refractivity contribution in [1.82, 2.24) is 15.5 Å². The Morgan fingerprint density at radius 1 is 1.33 bits per heavy atom. The molecule has 1 unspecified atom stereocenters. The molecule has 1 heterocycles. The minimum Gasteiger partial charge on any atom is -0.379 e. The van der Waals surface area contributed by atoms with E-state index >= 15 is 0 Å². The largest absolute Gasteiger partial charge is 0.379 e. The fraction of sp³-hybridized carbons (Fsp3) is 0.800. The van der Waals surface area contributed by atoms with E-state index in [4.69, 9.17) is 9.73 Å². The molecule has 0 radical (unpaired) electrons. The number of hydrogen-bond donors (Lipinski definition) is 2. The van der Waals surface area contributed by atoms with Crippen LogP contribution in [0, 0.1) is 5.92 Å². The molecule has 21 heavy (non-hydrogen) atoms. The summed E-state index contributed by atoms with van der Waals surface area (Å²) in [6, 6.07) is 0.470. The highest BCUT2D eigenvalue weighted by Crippen LogP contribution is 2.13. The van der Waals surface area contributed by atoms with Crippen molar-refractivity contribution in [2.75, 3.05) is 45.9 Å². The fourth-order valence-electron chi connectivity index (χ4n) is 2.35. The Morgan fingerprint density at radius 3 is 2.52 bits per heavy atom. The van der Waals surface area contributed by atoms with Crippen molar-refractivity contribution in [3.8, 4) is 0 Å². The molecule has 0 spiro atoms. The molecule has 1 fully saturated rings. The van der Waals surface area contributed by atoms with Crippen LogP contribution in [0.15, 0.2) is 17.6 Å². The number of nitrogens with zero attached hydrogens (tertiary/aromatic N) is 2. The van der Waals surface area contributed by atoms with Crippen LogP contribution in [0.25, 0.3) is 0 Å². The van der Waals surface area contributed by atoms with E-state index in [1.807, 2.05) is 6.08 Å². The van der Waals surface area contributed by atoms with E-state index in [9.17, 15) is 0 Å². The number of aliphatic imine (C=N–C) groups is 1. The van der Waals surface area contributed by atoms with Gasteiger partial charge in [-0.15, -0.1) is 30.6 Å². The third kappa shape index (κ3) is 8.01. The first-order valence-electron chi connectivity index (χ1n) is 7.63. The Bertz CT molecular complexity index is 304. The molecule has 0 aliphatic carbocycles. The average molecular weight is 410 g/mol. The van der Waals surface area contributed by atoms with Crippen molar-refractivity contribution < 1.29 is 4.74 Å². The van der Waals surface area contributed by atoms with Crippen molar-refractivity contribution in [1.29, 1.82) is 0 Å². The van der Waals surface area contributed by atoms with Gasteiger partial charge in [0.1, 0.15) is 0 Å². The van der Waals surface area contributed by atoms with E-state index in [2.05, 4.69) is 42.9 Å². The summed E-state index contributed by atoms with van der Waals surface area (Å²) in [4.78, 5) is 7.21. The first-order valence-corrected chi connectivity index (χ1v) is 7.63. The summed E-state index contributed by atoms with van der Waals surface area (Å²) >= 11 is 0. The third-order valence-corrected chi connectivity index (χ3v) is 3.48. The van der Waals surface area contributed by atoms with Crippen LogP contribution < -0.4 is 10.6 Å². The molecule has 1 aliphatic rings. The molecule has 0 aromatic heterocycles. The minimum absolute atomic E-state index is 0. The average Bonchev–Trinajstić information content (AvgIpc) is 2.45. The maximum absolute atomic E-state index is 5.43. The van der Waals surface area contributed by atoms with E-state index in [-0.39, 0.29) is 24.0 Å². The van der Waals surface area contributed by atoms with Crippen molar-refractivity contribution in [3.05, 3.63) is 12.7 Å². The molecule has 0 aromatic rings. The predicted molar refractivity (Wildman–Crippen MR) is 101 cm³/mol. The summed E-state index contributed by atoms with van der Waals surface area (Å²) in [5, 5.41) is 6.51. The van der Waals surface area contributed by atoms with E-state index in [1.54, 1.807) is 0 Å². The zero-order valence-corrected chi connectivity index (χ0v) is 15.9. The molecule has 1 atom stereocenters. The zero-order valence-electron chi connectivity index (χ0n) is 13.6. The second-order valence-corrected chi connectivity index (χ2v) is 5.35. The maximum atomic E-state index is 5.43. The third-order valence-electron chi connectivity index (χ3n) is 3.48. The first kappa shape index (κ1) is 20.7. The smallest absolute Gasteiger partial charge is 0.191 e. The van der Waals surface area contributed by atoms with Gasteiger partial charge in [-0.05, 0) is 12.8 Å². The van der Waals surface area contributed by atoms with Crippen LogP contribution in [-0.2, 0) is 4.74 Å². The summed E-state index contributed by atoms with van der Waals surface area (Å²) in [5.41, 5.74) is 0. The molecule has 5 nitrogen and oxygen atoms in total. The van der Waals surface area contributed by atoms with Gasteiger partial charge in [0, 0.05) is 32.2 Å². The van der Waals surface area contributed by atoms with E-state index in [0.717, 1.165) is 51.9 Å². The van der Waals surface area contributed by atoms with E-state index < -0.39 is 0 Å². The van der Waals surface area contributed by atoms with Gasteiger partial charge in [-0.1, -0.05) is 19.9 Å². The van der Waals surface area contributed by atoms with Gasteiger partial charge < -0.3 is 15.4 Å². The molecule has 1 aliphatic heterocycles. The molecule has 1 rings (SSSR count). The summed E-state index contributed by atoms with van der Waals surface area (Å²) in [6.45, 7) is 16.4. The van der Waals surface area contributed by atoms with Crippen molar-refractivity contribution in [2.24, 2.45) is 10.9 Å². The van der Waals surface area contributed by atoms with Crippen molar-refractivity contribution in [2.45, 2.75) is 26.8 Å². The van der Waals surface area contributed by atoms with Gasteiger partial charge in [-0.3, -0.25) is 9.89 Å². The van der Waals surface area contributed by atoms with Gasteiger partial charge in [-0.25, -0.2) is 0 Å². The molecular formula is C15H31IN4O. The number of ether oxygens (including phenoxy) is 1. The van der Waals surface area contributed by atoms with E-state index in [1.165, 1.54) is 0 Å². The number of hydrogen-bond acceptors (Lipinski definition) is 3. The monoisotopic (exact) mass is 410 g/mol. The standard InChI is InChI=1S/C15H30N4O.HI/c1-5-7-17-15(16-6-2)18-12-14(13(3)4)19-8-10-20-11-9-19;/h5,13-14H,1,6-12H2,2-4H3,(H2,16,17,18);1H. The Morgan fingerprint density at radius 2 is 2.00 bits per heavy atom. The predicted octanol–water partition coefficient (Wildman–Crippen LogP) is 1.70. The maximum Gasteiger partial charge on any atom is 0.191 e. The van der Waals surface area contributed by atoms with E-state index in [0.29, 0.717) is 12.0 Å². The van der Waals surface area contributed by atoms with Crippen LogP contribution in [0.2, 0.25) is 0 Å². The lowest BCUT2D eigenvalue weighted by Gasteiger charge is -2.36. The Kier molecular flexibility index (Phi) is 12.0. The van der Waals surface area contributed by atoms with Crippen LogP contribution in [0.3, 0.4) is 0 Å². The molecule has 2 N–H and O–H groups in total. The number of nitrogens with one attached hydrogen (secondary N) is 2. The molecule has 0 aromatic carbocycles. The molecule has 6 heteroatoms. The van der Waals surface area contributed by atoms with Crippen LogP contribution in [0.4, 0.5) is 0 Å². The summed E-state index contributed by atoms with van der Waals surface area (Å²) in [6.07, 6.45) is 1.84. The lowest BCUT2D eigenvalue weighted by molar-refractivity contribution is 0.00867. The van der Waals surface area contributed by atoms with Crippen LogP contribution in [0.1, 0.15) is 20.8 Å². The number of rotatable bonds is 7. The quantitative estimate of drug-likeness (QED) is 0.290. The van der Waals surface area contributed by atoms with Gasteiger partial charge in [0.25, 0.3) is 0 Å². The highest BCUT2D eigenvalue weighted by molar-refractivity contribution is 14.0. The lowest BCUT2D eigenvalue weighted by atomic mass is 10.0. The van der Waals surface area contributed by atoms with Crippen molar-refractivity contribution >= 4 is 29.9 Å². The van der Waals surface area contributed by atoms with Crippen LogP contribution in [-0.4, -0.2) is 62.8 Å². The zero-order chi connectivity index (χ0) is 14.8. The minimum atomic E-state index is 0. The Balaban J connectivity index is 0.00000400. The van der Waals surface area contributed by atoms with Gasteiger partial charge in [-0.2, -0.15) is 0 Å². The van der Waals surface area contributed by atoms with Crippen molar-refractivity contribution in [3.63, 3.8) is 0 Å². The Labute approximate surface area is 146 Å².